The molecule has 4 aromatic carbocycles. The molecule has 0 fully saturated rings. The van der Waals surface area contributed by atoms with E-state index in [2.05, 4.69) is 5.32 Å². The molecule has 0 aliphatic rings. The molecule has 0 spiro atoms. The smallest absolute Gasteiger partial charge is 0.264 e. The molecule has 4 aromatic rings. The molecule has 36 heavy (non-hydrogen) atoms. The van der Waals surface area contributed by atoms with Gasteiger partial charge in [0.15, 0.2) is 5.75 Å². The first kappa shape index (κ1) is 25.3. The second-order valence-corrected chi connectivity index (χ2v) is 10.5. The van der Waals surface area contributed by atoms with E-state index in [0.29, 0.717) is 27.9 Å². The number of carbonyl (C=O) groups excluding carboxylic acids is 1. The number of halogens is 1. The Hall–Kier alpha value is -3.81. The van der Waals surface area contributed by atoms with Crippen molar-refractivity contribution in [1.82, 2.24) is 0 Å². The molecule has 0 radical (unpaired) electrons. The first-order valence-electron chi connectivity index (χ1n) is 11.2. The molecule has 4 rings (SSSR count). The molecule has 0 bridgehead atoms. The Morgan fingerprint density at radius 1 is 0.889 bits per heavy atom. The maximum Gasteiger partial charge on any atom is 0.264 e. The fraction of sp³-hybridized carbons (Fsp3) is 0.107. The van der Waals surface area contributed by atoms with Gasteiger partial charge in [0.25, 0.3) is 10.0 Å². The Kier molecular flexibility index (Phi) is 7.62. The zero-order valence-electron chi connectivity index (χ0n) is 19.8. The van der Waals surface area contributed by atoms with Gasteiger partial charge >= 0.3 is 0 Å². The molecule has 6 nitrogen and oxygen atoms in total. The highest BCUT2D eigenvalue weighted by atomic mass is 35.5. The Morgan fingerprint density at radius 2 is 1.56 bits per heavy atom. The van der Waals surface area contributed by atoms with Crippen molar-refractivity contribution in [2.75, 3.05) is 16.2 Å². The Balaban J connectivity index is 1.66. The van der Waals surface area contributed by atoms with Crippen molar-refractivity contribution in [1.29, 1.82) is 0 Å². The Labute approximate surface area is 216 Å². The van der Waals surface area contributed by atoms with E-state index in [1.807, 2.05) is 44.2 Å². The van der Waals surface area contributed by atoms with Gasteiger partial charge in [-0.1, -0.05) is 65.7 Å². The zero-order chi connectivity index (χ0) is 25.7. The number of ether oxygens (including phenoxy) is 1. The third-order valence-corrected chi connectivity index (χ3v) is 7.44. The summed E-state index contributed by atoms with van der Waals surface area (Å²) in [5, 5.41) is 3.17. The number of rotatable bonds is 8. The number of hydrogen-bond acceptors (Lipinski definition) is 4. The predicted octanol–water partition coefficient (Wildman–Crippen LogP) is 6.58. The van der Waals surface area contributed by atoms with E-state index < -0.39 is 22.5 Å². The van der Waals surface area contributed by atoms with Crippen LogP contribution >= 0.6 is 11.6 Å². The van der Waals surface area contributed by atoms with Crippen LogP contribution in [0.3, 0.4) is 0 Å². The topological polar surface area (TPSA) is 75.7 Å². The van der Waals surface area contributed by atoms with Crippen LogP contribution in [0.25, 0.3) is 0 Å². The van der Waals surface area contributed by atoms with Crippen LogP contribution in [0, 0.1) is 13.8 Å². The lowest BCUT2D eigenvalue weighted by molar-refractivity contribution is -0.114. The molecular weight excluding hydrogens is 496 g/mol. The number of benzene rings is 4. The van der Waals surface area contributed by atoms with Gasteiger partial charge < -0.3 is 10.1 Å². The van der Waals surface area contributed by atoms with Crippen molar-refractivity contribution in [3.05, 3.63) is 113 Å². The van der Waals surface area contributed by atoms with E-state index in [9.17, 15) is 13.2 Å². The molecule has 0 aliphatic heterocycles. The van der Waals surface area contributed by atoms with E-state index in [1.54, 1.807) is 54.6 Å². The lowest BCUT2D eigenvalue weighted by atomic mass is 10.1. The van der Waals surface area contributed by atoms with Gasteiger partial charge in [0.2, 0.25) is 5.91 Å². The Morgan fingerprint density at radius 3 is 2.22 bits per heavy atom. The van der Waals surface area contributed by atoms with Gasteiger partial charge in [0.05, 0.1) is 16.3 Å². The molecule has 0 atom stereocenters. The summed E-state index contributed by atoms with van der Waals surface area (Å²) in [4.78, 5) is 13.3. The summed E-state index contributed by atoms with van der Waals surface area (Å²) in [6.45, 7) is 3.29. The fourth-order valence-electron chi connectivity index (χ4n) is 3.73. The molecule has 184 valence electrons. The number of nitrogens with one attached hydrogen (secondary N) is 1. The maximum absolute atomic E-state index is 13.6. The Bertz CT molecular complexity index is 1480. The zero-order valence-corrected chi connectivity index (χ0v) is 21.4. The second kappa shape index (κ2) is 10.8. The SMILES string of the molecule is Cc1ccc(N(CC(=O)Nc2cc(Cl)ccc2Oc2ccccc2)S(=O)(=O)c2ccccc2)c(C)c1. The predicted molar refractivity (Wildman–Crippen MR) is 143 cm³/mol. The fourth-order valence-corrected chi connectivity index (χ4v) is 5.41. The average Bonchev–Trinajstić information content (AvgIpc) is 2.86. The van der Waals surface area contributed by atoms with Crippen molar-refractivity contribution < 1.29 is 17.9 Å². The third kappa shape index (κ3) is 5.87. The van der Waals surface area contributed by atoms with Gasteiger partial charge in [-0.25, -0.2) is 8.42 Å². The lowest BCUT2D eigenvalue weighted by Crippen LogP contribution is -2.38. The van der Waals surface area contributed by atoms with Gasteiger partial charge in [-0.15, -0.1) is 0 Å². The molecule has 1 amide bonds. The van der Waals surface area contributed by atoms with E-state index in [1.165, 1.54) is 12.1 Å². The van der Waals surface area contributed by atoms with Crippen LogP contribution in [0.4, 0.5) is 11.4 Å². The second-order valence-electron chi connectivity index (χ2n) is 8.22. The molecule has 8 heteroatoms. The largest absolute Gasteiger partial charge is 0.455 e. The number of hydrogen-bond donors (Lipinski definition) is 1. The van der Waals surface area contributed by atoms with Crippen molar-refractivity contribution in [2.45, 2.75) is 18.7 Å². The van der Waals surface area contributed by atoms with E-state index >= 15 is 0 Å². The molecular formula is C28H25ClN2O4S. The summed E-state index contributed by atoms with van der Waals surface area (Å²) in [6.07, 6.45) is 0. The third-order valence-electron chi connectivity index (χ3n) is 5.43. The van der Waals surface area contributed by atoms with Gasteiger partial charge in [-0.2, -0.15) is 0 Å². The number of nitrogens with zero attached hydrogens (tertiary/aromatic N) is 1. The van der Waals surface area contributed by atoms with Gasteiger partial charge in [0.1, 0.15) is 12.3 Å². The first-order valence-corrected chi connectivity index (χ1v) is 13.0. The monoisotopic (exact) mass is 520 g/mol. The number of sulfonamides is 1. The number of amides is 1. The molecule has 1 N–H and O–H groups in total. The highest BCUT2D eigenvalue weighted by Gasteiger charge is 2.28. The summed E-state index contributed by atoms with van der Waals surface area (Å²) in [7, 11) is -4.03. The molecule has 0 heterocycles. The van der Waals surface area contributed by atoms with Crippen molar-refractivity contribution >= 4 is 38.9 Å². The standard InChI is InChI=1S/C28H25ClN2O4S/c1-20-13-15-26(21(2)17-20)31(36(33,34)24-11-7-4-8-12-24)19-28(32)30-25-18-22(29)14-16-27(25)35-23-9-5-3-6-10-23/h3-18H,19H2,1-2H3,(H,30,32). The molecule has 0 aromatic heterocycles. The minimum Gasteiger partial charge on any atom is -0.455 e. The maximum atomic E-state index is 13.6. The molecule has 0 unspecified atom stereocenters. The van der Waals surface area contributed by atoms with Crippen LogP contribution < -0.4 is 14.4 Å². The van der Waals surface area contributed by atoms with E-state index in [4.69, 9.17) is 16.3 Å². The van der Waals surface area contributed by atoms with Gasteiger partial charge in [-0.05, 0) is 67.9 Å². The minimum atomic E-state index is -4.03. The number of carbonyl (C=O) groups is 1. The van der Waals surface area contributed by atoms with Crippen LogP contribution in [0.1, 0.15) is 11.1 Å². The molecule has 0 aliphatic carbocycles. The quantitative estimate of drug-likeness (QED) is 0.284. The highest BCUT2D eigenvalue weighted by Crippen LogP contribution is 2.33. The summed E-state index contributed by atoms with van der Waals surface area (Å²) in [5.41, 5.74) is 2.47. The highest BCUT2D eigenvalue weighted by molar-refractivity contribution is 7.92. The van der Waals surface area contributed by atoms with Crippen LogP contribution in [0.2, 0.25) is 5.02 Å². The number of anilines is 2. The van der Waals surface area contributed by atoms with Crippen LogP contribution in [0.5, 0.6) is 11.5 Å². The number of para-hydroxylation sites is 1. The summed E-state index contributed by atoms with van der Waals surface area (Å²) in [5.74, 6) is 0.413. The van der Waals surface area contributed by atoms with Gasteiger partial charge in [-0.3, -0.25) is 9.10 Å². The normalized spacial score (nSPS) is 11.1. The van der Waals surface area contributed by atoms with Crippen LogP contribution in [0.15, 0.2) is 102 Å². The summed E-state index contributed by atoms with van der Waals surface area (Å²) >= 11 is 6.18. The van der Waals surface area contributed by atoms with Crippen molar-refractivity contribution in [3.8, 4) is 11.5 Å². The van der Waals surface area contributed by atoms with E-state index in [0.717, 1.165) is 15.4 Å². The van der Waals surface area contributed by atoms with Crippen molar-refractivity contribution in [2.24, 2.45) is 0 Å². The summed E-state index contributed by atoms with van der Waals surface area (Å²) < 4.78 is 34.3. The van der Waals surface area contributed by atoms with Crippen LogP contribution in [-0.2, 0) is 14.8 Å². The minimum absolute atomic E-state index is 0.0913. The van der Waals surface area contributed by atoms with E-state index in [-0.39, 0.29) is 4.90 Å². The van der Waals surface area contributed by atoms with Crippen LogP contribution in [-0.4, -0.2) is 20.9 Å². The summed E-state index contributed by atoms with van der Waals surface area (Å²) in [6, 6.07) is 27.4. The van der Waals surface area contributed by atoms with Crippen molar-refractivity contribution in [3.63, 3.8) is 0 Å². The van der Waals surface area contributed by atoms with Gasteiger partial charge in [0, 0.05) is 5.02 Å². The molecule has 0 saturated carbocycles. The lowest BCUT2D eigenvalue weighted by Gasteiger charge is -2.26. The molecule has 0 saturated heterocycles. The number of aryl methyl sites for hydroxylation is 2. The first-order chi connectivity index (χ1) is 17.2. The average molecular weight is 521 g/mol.